The number of nitrogens with zero attached hydrogens (tertiary/aromatic N) is 2. The summed E-state index contributed by atoms with van der Waals surface area (Å²) in [7, 11) is 0. The Bertz CT molecular complexity index is 1070. The molecule has 0 aliphatic carbocycles. The van der Waals surface area contributed by atoms with Gasteiger partial charge in [0, 0.05) is 29.3 Å². The van der Waals surface area contributed by atoms with Gasteiger partial charge in [-0.05, 0) is 42.8 Å². The highest BCUT2D eigenvalue weighted by atomic mass is 16.1. The molecule has 2 N–H and O–H groups in total. The summed E-state index contributed by atoms with van der Waals surface area (Å²) < 4.78 is 0. The van der Waals surface area contributed by atoms with Crippen molar-refractivity contribution in [1.82, 2.24) is 9.97 Å². The van der Waals surface area contributed by atoms with Crippen LogP contribution in [0.5, 0.6) is 0 Å². The second-order valence-corrected chi connectivity index (χ2v) is 6.57. The largest absolute Gasteiger partial charge is 0.361 e. The number of benzene rings is 2. The maximum atomic E-state index is 12.4. The summed E-state index contributed by atoms with van der Waals surface area (Å²) in [6.45, 7) is 2.93. The minimum Gasteiger partial charge on any atom is -0.361 e. The van der Waals surface area contributed by atoms with Gasteiger partial charge in [0.05, 0.1) is 18.3 Å². The van der Waals surface area contributed by atoms with Crippen LogP contribution < -0.4 is 10.2 Å². The smallest absolute Gasteiger partial charge is 0.230 e. The van der Waals surface area contributed by atoms with Crippen molar-refractivity contribution in [2.45, 2.75) is 13.3 Å². The number of H-pyrrole nitrogens is 1. The number of para-hydroxylation sites is 2. The quantitative estimate of drug-likeness (QED) is 0.507. The Hall–Kier alpha value is -3.60. The maximum Gasteiger partial charge on any atom is 0.230 e. The molecule has 1 amide bonds. The van der Waals surface area contributed by atoms with E-state index in [1.165, 1.54) is 0 Å². The summed E-state index contributed by atoms with van der Waals surface area (Å²) in [4.78, 5) is 22.2. The maximum absolute atomic E-state index is 12.4. The third-order valence-corrected chi connectivity index (χ3v) is 4.74. The van der Waals surface area contributed by atoms with Gasteiger partial charge in [0.1, 0.15) is 5.82 Å². The number of anilines is 3. The lowest BCUT2D eigenvalue weighted by atomic mass is 10.1. The van der Waals surface area contributed by atoms with Crippen molar-refractivity contribution >= 4 is 34.0 Å². The van der Waals surface area contributed by atoms with Crippen molar-refractivity contribution in [2.24, 2.45) is 0 Å². The molecule has 0 unspecified atom stereocenters. The van der Waals surface area contributed by atoms with Gasteiger partial charge in [-0.15, -0.1) is 0 Å². The fraction of sp³-hybridized carbons (Fsp3) is 0.130. The van der Waals surface area contributed by atoms with Gasteiger partial charge in [-0.25, -0.2) is 4.98 Å². The fourth-order valence-corrected chi connectivity index (χ4v) is 3.38. The molecule has 2 aromatic carbocycles. The zero-order valence-corrected chi connectivity index (χ0v) is 15.7. The summed E-state index contributed by atoms with van der Waals surface area (Å²) >= 11 is 0. The number of hydrogen-bond donors (Lipinski definition) is 2. The lowest BCUT2D eigenvalue weighted by molar-refractivity contribution is -0.115. The molecule has 0 aliphatic heterocycles. The molecule has 0 spiro atoms. The van der Waals surface area contributed by atoms with Crippen LogP contribution in [0, 0.1) is 0 Å². The monoisotopic (exact) mass is 370 g/mol. The second-order valence-electron chi connectivity index (χ2n) is 6.57. The van der Waals surface area contributed by atoms with E-state index in [9.17, 15) is 4.79 Å². The third-order valence-electron chi connectivity index (χ3n) is 4.74. The molecule has 140 valence electrons. The Morgan fingerprint density at radius 3 is 2.54 bits per heavy atom. The van der Waals surface area contributed by atoms with Gasteiger partial charge >= 0.3 is 0 Å². The molecule has 0 fully saturated rings. The Balaban J connectivity index is 1.44. The number of amides is 1. The molecule has 4 rings (SSSR count). The SMILES string of the molecule is CCN(c1ccccc1)c1ccc(NC(=O)Cc2c[nH]c3ccccc23)nc1. The van der Waals surface area contributed by atoms with E-state index in [2.05, 4.69) is 39.2 Å². The van der Waals surface area contributed by atoms with Crippen LogP contribution in [0.4, 0.5) is 17.2 Å². The molecule has 0 bridgehead atoms. The van der Waals surface area contributed by atoms with Gasteiger partial charge in [-0.2, -0.15) is 0 Å². The Morgan fingerprint density at radius 2 is 1.79 bits per heavy atom. The minimum atomic E-state index is -0.0830. The second kappa shape index (κ2) is 7.96. The molecule has 0 aliphatic rings. The number of hydrogen-bond acceptors (Lipinski definition) is 3. The van der Waals surface area contributed by atoms with Crippen molar-refractivity contribution in [3.8, 4) is 0 Å². The zero-order valence-electron chi connectivity index (χ0n) is 15.7. The molecule has 5 nitrogen and oxygen atoms in total. The van der Waals surface area contributed by atoms with Crippen LogP contribution in [0.15, 0.2) is 79.1 Å². The average Bonchev–Trinajstić information content (AvgIpc) is 3.13. The molecular formula is C23H22N4O. The molecule has 0 atom stereocenters. The number of aromatic nitrogens is 2. The first-order chi connectivity index (χ1) is 13.7. The molecule has 0 saturated carbocycles. The van der Waals surface area contributed by atoms with Crippen LogP contribution in [0.1, 0.15) is 12.5 Å². The zero-order chi connectivity index (χ0) is 19.3. The van der Waals surface area contributed by atoms with E-state index < -0.39 is 0 Å². The average molecular weight is 370 g/mol. The van der Waals surface area contributed by atoms with Gasteiger partial charge in [-0.3, -0.25) is 4.79 Å². The number of pyridine rings is 1. The standard InChI is InChI=1S/C23H22N4O/c1-2-27(18-8-4-3-5-9-18)19-12-13-22(25-16-19)26-23(28)14-17-15-24-21-11-7-6-10-20(17)21/h3-13,15-16,24H,2,14H2,1H3,(H,25,26,28). The minimum absolute atomic E-state index is 0.0830. The number of nitrogens with one attached hydrogen (secondary N) is 2. The summed E-state index contributed by atoms with van der Waals surface area (Å²) in [5.74, 6) is 0.470. The first kappa shape index (κ1) is 17.8. The normalized spacial score (nSPS) is 10.8. The van der Waals surface area contributed by atoms with Crippen LogP contribution in [-0.2, 0) is 11.2 Å². The Kier molecular flexibility index (Phi) is 5.06. The Morgan fingerprint density at radius 1 is 1.00 bits per heavy atom. The van der Waals surface area contributed by atoms with Crippen LogP contribution >= 0.6 is 0 Å². The lowest BCUT2D eigenvalue weighted by Gasteiger charge is -2.23. The topological polar surface area (TPSA) is 61.0 Å². The summed E-state index contributed by atoms with van der Waals surface area (Å²) in [6.07, 6.45) is 3.98. The van der Waals surface area contributed by atoms with Crippen LogP contribution in [0.3, 0.4) is 0 Å². The van der Waals surface area contributed by atoms with Crippen molar-refractivity contribution in [3.63, 3.8) is 0 Å². The predicted octanol–water partition coefficient (Wildman–Crippen LogP) is 4.90. The van der Waals surface area contributed by atoms with Gasteiger partial charge < -0.3 is 15.2 Å². The first-order valence-corrected chi connectivity index (χ1v) is 9.38. The van der Waals surface area contributed by atoms with Gasteiger partial charge in [0.2, 0.25) is 5.91 Å². The molecule has 28 heavy (non-hydrogen) atoms. The van der Waals surface area contributed by atoms with E-state index in [0.29, 0.717) is 12.2 Å². The highest BCUT2D eigenvalue weighted by Crippen LogP contribution is 2.25. The van der Waals surface area contributed by atoms with Crippen molar-refractivity contribution < 1.29 is 4.79 Å². The third kappa shape index (κ3) is 3.74. The van der Waals surface area contributed by atoms with E-state index in [1.807, 2.05) is 60.8 Å². The Labute approximate surface area is 164 Å². The fourth-order valence-electron chi connectivity index (χ4n) is 3.38. The highest BCUT2D eigenvalue weighted by molar-refractivity contribution is 5.95. The van der Waals surface area contributed by atoms with Crippen molar-refractivity contribution in [2.75, 3.05) is 16.8 Å². The first-order valence-electron chi connectivity index (χ1n) is 9.38. The summed E-state index contributed by atoms with van der Waals surface area (Å²) in [6, 6.07) is 22.0. The molecule has 2 aromatic heterocycles. The summed E-state index contributed by atoms with van der Waals surface area (Å²) in [5.41, 5.74) is 4.12. The summed E-state index contributed by atoms with van der Waals surface area (Å²) in [5, 5.41) is 3.96. The van der Waals surface area contributed by atoms with Gasteiger partial charge in [0.25, 0.3) is 0 Å². The lowest BCUT2D eigenvalue weighted by Crippen LogP contribution is -2.17. The van der Waals surface area contributed by atoms with Crippen molar-refractivity contribution in [1.29, 1.82) is 0 Å². The van der Waals surface area contributed by atoms with E-state index >= 15 is 0 Å². The van der Waals surface area contributed by atoms with Crippen molar-refractivity contribution in [3.05, 3.63) is 84.7 Å². The number of fused-ring (bicyclic) bond motifs is 1. The van der Waals surface area contributed by atoms with Crippen LogP contribution in [0.25, 0.3) is 10.9 Å². The van der Waals surface area contributed by atoms with Crippen LogP contribution in [-0.4, -0.2) is 22.4 Å². The number of rotatable bonds is 6. The van der Waals surface area contributed by atoms with Crippen LogP contribution in [0.2, 0.25) is 0 Å². The molecule has 2 heterocycles. The number of carbonyl (C=O) groups excluding carboxylic acids is 1. The predicted molar refractivity (Wildman–Crippen MR) is 114 cm³/mol. The molecule has 4 aromatic rings. The van der Waals surface area contributed by atoms with E-state index in [0.717, 1.165) is 34.4 Å². The molecule has 5 heteroatoms. The molecule has 0 saturated heterocycles. The van der Waals surface area contributed by atoms with Gasteiger partial charge in [0.15, 0.2) is 0 Å². The van der Waals surface area contributed by atoms with Gasteiger partial charge in [-0.1, -0.05) is 36.4 Å². The van der Waals surface area contributed by atoms with E-state index in [-0.39, 0.29) is 5.91 Å². The van der Waals surface area contributed by atoms with E-state index in [1.54, 1.807) is 6.20 Å². The molecule has 0 radical (unpaired) electrons. The number of aromatic amines is 1. The number of carbonyl (C=O) groups is 1. The highest BCUT2D eigenvalue weighted by Gasteiger charge is 2.11. The molecular weight excluding hydrogens is 348 g/mol. The van der Waals surface area contributed by atoms with E-state index in [4.69, 9.17) is 0 Å².